The zero-order valence-electron chi connectivity index (χ0n) is 11.1. The molecule has 0 saturated heterocycles. The Bertz CT molecular complexity index is 658. The highest BCUT2D eigenvalue weighted by atomic mass is 79.9. The van der Waals surface area contributed by atoms with Gasteiger partial charge in [0, 0.05) is 18.2 Å². The van der Waals surface area contributed by atoms with Gasteiger partial charge in [-0.1, -0.05) is 0 Å². The van der Waals surface area contributed by atoms with Gasteiger partial charge in [0.15, 0.2) is 0 Å². The fraction of sp³-hybridized carbons (Fsp3) is 0.231. The number of hydrogen-bond acceptors (Lipinski definition) is 5. The molecule has 0 atom stereocenters. The van der Waals surface area contributed by atoms with Crippen LogP contribution in [0.4, 0.5) is 5.69 Å². The number of aromatic amines is 1. The second-order valence-electron chi connectivity index (χ2n) is 3.96. The Kier molecular flexibility index (Phi) is 4.62. The molecular formula is C13H14BrN3O3. The van der Waals surface area contributed by atoms with Crippen molar-refractivity contribution in [1.29, 1.82) is 0 Å². The summed E-state index contributed by atoms with van der Waals surface area (Å²) in [6, 6.07) is 5.56. The van der Waals surface area contributed by atoms with E-state index in [0.29, 0.717) is 22.5 Å². The molecule has 0 unspecified atom stereocenters. The Morgan fingerprint density at radius 1 is 1.35 bits per heavy atom. The summed E-state index contributed by atoms with van der Waals surface area (Å²) >= 11 is 3.21. The van der Waals surface area contributed by atoms with E-state index in [0.717, 1.165) is 11.3 Å². The van der Waals surface area contributed by atoms with Crippen molar-refractivity contribution in [2.24, 2.45) is 0 Å². The van der Waals surface area contributed by atoms with Crippen LogP contribution in [0, 0.1) is 0 Å². The Morgan fingerprint density at radius 3 is 2.85 bits per heavy atom. The average molecular weight is 340 g/mol. The van der Waals surface area contributed by atoms with Crippen LogP contribution in [-0.2, 0) is 6.54 Å². The highest BCUT2D eigenvalue weighted by molar-refractivity contribution is 9.10. The molecule has 0 aliphatic carbocycles. The van der Waals surface area contributed by atoms with Crippen molar-refractivity contribution in [2.45, 2.75) is 6.54 Å². The summed E-state index contributed by atoms with van der Waals surface area (Å²) in [7, 11) is 3.20. The van der Waals surface area contributed by atoms with Crippen LogP contribution in [0.2, 0.25) is 0 Å². The number of nitrogens with zero attached hydrogens (tertiary/aromatic N) is 1. The van der Waals surface area contributed by atoms with E-state index in [9.17, 15) is 4.79 Å². The van der Waals surface area contributed by atoms with Crippen molar-refractivity contribution in [3.63, 3.8) is 0 Å². The van der Waals surface area contributed by atoms with Crippen molar-refractivity contribution in [1.82, 2.24) is 10.2 Å². The number of aromatic nitrogens is 2. The van der Waals surface area contributed by atoms with Crippen molar-refractivity contribution in [3.8, 4) is 11.5 Å². The maximum Gasteiger partial charge on any atom is 0.280 e. The number of nitrogens with one attached hydrogen (secondary N) is 2. The molecule has 0 aliphatic heterocycles. The van der Waals surface area contributed by atoms with E-state index in [2.05, 4.69) is 31.4 Å². The van der Waals surface area contributed by atoms with Gasteiger partial charge in [-0.05, 0) is 28.1 Å². The minimum absolute atomic E-state index is 0.281. The standard InChI is InChI=1S/C13H14BrN3O3/c1-19-9-4-3-8(11(5-9)20-2)6-15-10-7-16-17-13(18)12(10)14/h3-5,7H,6H2,1-2H3,(H2,15,17,18). The summed E-state index contributed by atoms with van der Waals surface area (Å²) in [5.41, 5.74) is 1.28. The van der Waals surface area contributed by atoms with Crippen molar-refractivity contribution in [2.75, 3.05) is 19.5 Å². The molecule has 6 nitrogen and oxygen atoms in total. The first-order valence-corrected chi connectivity index (χ1v) is 6.63. The number of halogens is 1. The molecule has 0 bridgehead atoms. The molecule has 0 fully saturated rings. The largest absolute Gasteiger partial charge is 0.497 e. The maximum absolute atomic E-state index is 11.4. The minimum Gasteiger partial charge on any atom is -0.497 e. The van der Waals surface area contributed by atoms with E-state index < -0.39 is 0 Å². The molecule has 106 valence electrons. The fourth-order valence-electron chi connectivity index (χ4n) is 1.70. The Balaban J connectivity index is 2.18. The van der Waals surface area contributed by atoms with Crippen LogP contribution in [0.1, 0.15) is 5.56 Å². The fourth-order valence-corrected chi connectivity index (χ4v) is 2.03. The molecule has 0 saturated carbocycles. The normalized spacial score (nSPS) is 10.2. The Labute approximate surface area is 124 Å². The number of H-pyrrole nitrogens is 1. The lowest BCUT2D eigenvalue weighted by atomic mass is 10.2. The van der Waals surface area contributed by atoms with Crippen LogP contribution in [0.15, 0.2) is 33.7 Å². The van der Waals surface area contributed by atoms with E-state index in [-0.39, 0.29) is 5.56 Å². The number of methoxy groups -OCH3 is 2. The molecule has 2 aromatic rings. The molecule has 20 heavy (non-hydrogen) atoms. The first kappa shape index (κ1) is 14.4. The molecule has 1 heterocycles. The smallest absolute Gasteiger partial charge is 0.280 e. The number of anilines is 1. The minimum atomic E-state index is -0.281. The number of rotatable bonds is 5. The lowest BCUT2D eigenvalue weighted by Gasteiger charge is -2.12. The van der Waals surface area contributed by atoms with Gasteiger partial charge in [0.05, 0.1) is 26.1 Å². The summed E-state index contributed by atoms with van der Waals surface area (Å²) < 4.78 is 10.9. The van der Waals surface area contributed by atoms with E-state index in [1.807, 2.05) is 18.2 Å². The monoisotopic (exact) mass is 339 g/mol. The zero-order chi connectivity index (χ0) is 14.5. The van der Waals surface area contributed by atoms with Crippen LogP contribution in [-0.4, -0.2) is 24.4 Å². The van der Waals surface area contributed by atoms with Gasteiger partial charge in [-0.25, -0.2) is 5.10 Å². The van der Waals surface area contributed by atoms with Gasteiger partial charge in [-0.2, -0.15) is 5.10 Å². The van der Waals surface area contributed by atoms with Gasteiger partial charge in [-0.15, -0.1) is 0 Å². The zero-order valence-corrected chi connectivity index (χ0v) is 12.7. The molecule has 1 aromatic heterocycles. The lowest BCUT2D eigenvalue weighted by molar-refractivity contribution is 0.391. The van der Waals surface area contributed by atoms with Gasteiger partial charge in [-0.3, -0.25) is 4.79 Å². The molecule has 1 aromatic carbocycles. The second-order valence-corrected chi connectivity index (χ2v) is 4.75. The number of hydrogen-bond donors (Lipinski definition) is 2. The van der Waals surface area contributed by atoms with Crippen LogP contribution < -0.4 is 20.3 Å². The van der Waals surface area contributed by atoms with Gasteiger partial charge < -0.3 is 14.8 Å². The number of ether oxygens (including phenoxy) is 2. The third kappa shape index (κ3) is 3.11. The molecule has 7 heteroatoms. The third-order valence-corrected chi connectivity index (χ3v) is 3.55. The molecule has 0 radical (unpaired) electrons. The van der Waals surface area contributed by atoms with Gasteiger partial charge >= 0.3 is 0 Å². The van der Waals surface area contributed by atoms with E-state index >= 15 is 0 Å². The summed E-state index contributed by atoms with van der Waals surface area (Å²) in [5, 5.41) is 9.22. The maximum atomic E-state index is 11.4. The quantitative estimate of drug-likeness (QED) is 0.872. The highest BCUT2D eigenvalue weighted by Crippen LogP contribution is 2.26. The first-order valence-electron chi connectivity index (χ1n) is 5.83. The summed E-state index contributed by atoms with van der Waals surface area (Å²) in [6.45, 7) is 0.497. The predicted octanol–water partition coefficient (Wildman–Crippen LogP) is 2.16. The van der Waals surface area contributed by atoms with Gasteiger partial charge in [0.1, 0.15) is 16.0 Å². The van der Waals surface area contributed by atoms with Crippen LogP contribution in [0.5, 0.6) is 11.5 Å². The van der Waals surface area contributed by atoms with E-state index in [1.54, 1.807) is 20.4 Å². The van der Waals surface area contributed by atoms with E-state index in [1.165, 1.54) is 0 Å². The third-order valence-electron chi connectivity index (χ3n) is 2.76. The Hall–Kier alpha value is -2.02. The molecule has 0 amide bonds. The predicted molar refractivity (Wildman–Crippen MR) is 79.4 cm³/mol. The van der Waals surface area contributed by atoms with Gasteiger partial charge in [0.2, 0.25) is 0 Å². The summed E-state index contributed by atoms with van der Waals surface area (Å²) in [4.78, 5) is 11.4. The Morgan fingerprint density at radius 2 is 2.15 bits per heavy atom. The second kappa shape index (κ2) is 6.42. The summed E-state index contributed by atoms with van der Waals surface area (Å²) in [5.74, 6) is 1.44. The van der Waals surface area contributed by atoms with Crippen LogP contribution in [0.3, 0.4) is 0 Å². The van der Waals surface area contributed by atoms with E-state index in [4.69, 9.17) is 9.47 Å². The van der Waals surface area contributed by atoms with Crippen molar-refractivity contribution < 1.29 is 9.47 Å². The number of benzene rings is 1. The van der Waals surface area contributed by atoms with Crippen molar-refractivity contribution >= 4 is 21.6 Å². The van der Waals surface area contributed by atoms with Crippen LogP contribution in [0.25, 0.3) is 0 Å². The molecule has 2 rings (SSSR count). The average Bonchev–Trinajstić information content (AvgIpc) is 2.48. The van der Waals surface area contributed by atoms with Crippen LogP contribution >= 0.6 is 15.9 Å². The summed E-state index contributed by atoms with van der Waals surface area (Å²) in [6.07, 6.45) is 1.54. The molecule has 0 aliphatic rings. The molecule has 2 N–H and O–H groups in total. The SMILES string of the molecule is COc1ccc(CNc2cn[nH]c(=O)c2Br)c(OC)c1. The van der Waals surface area contributed by atoms with Crippen molar-refractivity contribution in [3.05, 3.63) is 44.8 Å². The topological polar surface area (TPSA) is 76.2 Å². The molecular weight excluding hydrogens is 326 g/mol. The first-order chi connectivity index (χ1) is 9.65. The lowest BCUT2D eigenvalue weighted by Crippen LogP contribution is -2.12. The van der Waals surface area contributed by atoms with Gasteiger partial charge in [0.25, 0.3) is 5.56 Å². The molecule has 0 spiro atoms. The highest BCUT2D eigenvalue weighted by Gasteiger charge is 2.07.